The van der Waals surface area contributed by atoms with Gasteiger partial charge in [-0.25, -0.2) is 4.79 Å². The summed E-state index contributed by atoms with van der Waals surface area (Å²) in [5.74, 6) is 0.574. The van der Waals surface area contributed by atoms with Crippen LogP contribution in [0.4, 0.5) is 4.79 Å². The van der Waals surface area contributed by atoms with Gasteiger partial charge in [-0.3, -0.25) is 9.59 Å². The van der Waals surface area contributed by atoms with Crippen LogP contribution in [-0.4, -0.2) is 85.9 Å². The Hall–Kier alpha value is -3.09. The number of likely N-dealkylation sites (N-methyl/N-ethyl adjacent to an activating group) is 1. The van der Waals surface area contributed by atoms with Crippen LogP contribution in [0.25, 0.3) is 0 Å². The summed E-state index contributed by atoms with van der Waals surface area (Å²) >= 11 is 0. The fourth-order valence-corrected chi connectivity index (χ4v) is 8.04. The van der Waals surface area contributed by atoms with Gasteiger partial charge < -0.3 is 38.7 Å². The predicted octanol–water partition coefficient (Wildman–Crippen LogP) is 4.74. The molecule has 5 rings (SSSR count). The highest BCUT2D eigenvalue weighted by Crippen LogP contribution is 2.65. The molecule has 1 aromatic carbocycles. The average molecular weight is 659 g/mol. The van der Waals surface area contributed by atoms with Crippen LogP contribution in [-0.2, 0) is 35.6 Å². The quantitative estimate of drug-likeness (QED) is 0.298. The maximum Gasteiger partial charge on any atom is 0.509 e. The van der Waals surface area contributed by atoms with Crippen LogP contribution in [0, 0.1) is 0 Å². The average Bonchev–Trinajstić information content (AvgIpc) is 3.27. The maximum absolute atomic E-state index is 13.1. The Balaban J connectivity index is 1.33. The zero-order valence-electron chi connectivity index (χ0n) is 28.9. The first-order valence-corrected chi connectivity index (χ1v) is 19.1. The molecule has 0 radical (unpaired) electrons. The first-order chi connectivity index (χ1) is 21.2. The minimum absolute atomic E-state index is 0.0185. The summed E-state index contributed by atoms with van der Waals surface area (Å²) in [5, 5.41) is 15.1. The zero-order valence-corrected chi connectivity index (χ0v) is 29.9. The van der Waals surface area contributed by atoms with Gasteiger partial charge in [-0.05, 0) is 90.0 Å². The predicted molar refractivity (Wildman–Crippen MR) is 173 cm³/mol. The van der Waals surface area contributed by atoms with Gasteiger partial charge in [0, 0.05) is 24.6 Å². The summed E-state index contributed by atoms with van der Waals surface area (Å²) in [4.78, 5) is 39.7. The van der Waals surface area contributed by atoms with E-state index in [0.29, 0.717) is 36.5 Å². The molecule has 46 heavy (non-hydrogen) atoms. The molecule has 2 bridgehead atoms. The van der Waals surface area contributed by atoms with Gasteiger partial charge in [-0.2, -0.15) is 0 Å². The summed E-state index contributed by atoms with van der Waals surface area (Å²) in [6.07, 6.45) is 0.541. The van der Waals surface area contributed by atoms with Crippen LogP contribution in [0.1, 0.15) is 78.9 Å². The molecule has 12 heteroatoms. The van der Waals surface area contributed by atoms with Crippen molar-refractivity contribution >= 4 is 26.3 Å². The Morgan fingerprint density at radius 1 is 1.17 bits per heavy atom. The Kier molecular flexibility index (Phi) is 8.60. The monoisotopic (exact) mass is 658 g/mol. The standard InChI is InChI=1S/C34H50N2O9Si/c1-20(41-30(39)44-31(2,3)4)29(38)35-17-14-25(37)42-23-13-15-34(40)24-19-21-11-12-22(45-46(9,10)32(5,6)7)27-26(21)33(34,28(23)43-27)16-18-36(24)8/h11-13,20,24,28,40H,14-19H2,1-10H3,(H,35,38)/t20-,24-,28-,33-,34+/m0/s1. The number of nitrogens with one attached hydrogen (secondary N) is 1. The molecule has 4 aliphatic rings. The van der Waals surface area contributed by atoms with Crippen LogP contribution in [0.15, 0.2) is 24.0 Å². The van der Waals surface area contributed by atoms with Gasteiger partial charge >= 0.3 is 12.1 Å². The number of esters is 1. The Labute approximate surface area is 273 Å². The van der Waals surface area contributed by atoms with Crippen molar-refractivity contribution < 1.29 is 42.9 Å². The van der Waals surface area contributed by atoms with E-state index in [0.717, 1.165) is 17.7 Å². The third-order valence-electron chi connectivity index (χ3n) is 10.4. The molecule has 0 saturated carbocycles. The SMILES string of the molecule is C[C@H](OC(=O)OC(C)(C)C)C(=O)NCCC(=O)OC1=CC[C@@]2(O)[C@@H]3Cc4ccc(O[Si](C)(C)C(C)(C)C)c5c4[C@@]2(CCN3C)[C@H]1O5. The van der Waals surface area contributed by atoms with Crippen molar-refractivity contribution in [3.05, 3.63) is 35.1 Å². The van der Waals surface area contributed by atoms with Gasteiger partial charge in [-0.15, -0.1) is 0 Å². The van der Waals surface area contributed by atoms with Crippen LogP contribution in [0.3, 0.4) is 0 Å². The summed E-state index contributed by atoms with van der Waals surface area (Å²) in [6.45, 7) is 18.2. The van der Waals surface area contributed by atoms with Crippen molar-refractivity contribution in [3.8, 4) is 11.5 Å². The second-order valence-electron chi connectivity index (χ2n) is 15.7. The second kappa shape index (κ2) is 11.6. The number of hydrogen-bond donors (Lipinski definition) is 2. The van der Waals surface area contributed by atoms with Crippen LogP contribution >= 0.6 is 0 Å². The number of carbonyl (C=O) groups excluding carboxylic acids is 3. The van der Waals surface area contributed by atoms with E-state index in [2.05, 4.69) is 50.1 Å². The lowest BCUT2D eigenvalue weighted by Gasteiger charge is -2.61. The van der Waals surface area contributed by atoms with Gasteiger partial charge in [0.15, 0.2) is 18.0 Å². The minimum atomic E-state index is -2.23. The van der Waals surface area contributed by atoms with Crippen molar-refractivity contribution in [3.63, 3.8) is 0 Å². The lowest BCUT2D eigenvalue weighted by molar-refractivity contribution is -0.169. The Morgan fingerprint density at radius 3 is 2.52 bits per heavy atom. The Morgan fingerprint density at radius 2 is 1.87 bits per heavy atom. The number of nitrogens with zero attached hydrogens (tertiary/aromatic N) is 1. The molecule has 1 saturated heterocycles. The second-order valence-corrected chi connectivity index (χ2v) is 20.4. The van der Waals surface area contributed by atoms with E-state index < -0.39 is 55.2 Å². The molecule has 1 amide bonds. The van der Waals surface area contributed by atoms with E-state index in [4.69, 9.17) is 23.4 Å². The summed E-state index contributed by atoms with van der Waals surface area (Å²) in [5.41, 5.74) is -0.565. The van der Waals surface area contributed by atoms with E-state index >= 15 is 0 Å². The summed E-state index contributed by atoms with van der Waals surface area (Å²) < 4.78 is 29.6. The first-order valence-electron chi connectivity index (χ1n) is 16.2. The van der Waals surface area contributed by atoms with Crippen molar-refractivity contribution in [2.75, 3.05) is 20.1 Å². The molecule has 1 fully saturated rings. The molecule has 2 aliphatic carbocycles. The van der Waals surface area contributed by atoms with Gasteiger partial charge in [0.1, 0.15) is 17.1 Å². The van der Waals surface area contributed by atoms with Crippen LogP contribution in [0.5, 0.6) is 11.5 Å². The highest BCUT2D eigenvalue weighted by molar-refractivity contribution is 6.74. The smallest absolute Gasteiger partial charge is 0.509 e. The summed E-state index contributed by atoms with van der Waals surface area (Å²) in [7, 11) is -0.183. The number of carbonyl (C=O) groups is 3. The number of hydrogen-bond acceptors (Lipinski definition) is 10. The largest absolute Gasteiger partial charge is 0.541 e. The zero-order chi connectivity index (χ0) is 34.0. The van der Waals surface area contributed by atoms with Crippen molar-refractivity contribution in [2.24, 2.45) is 0 Å². The lowest BCUT2D eigenvalue weighted by atomic mass is 9.50. The Bertz CT molecular complexity index is 1440. The van der Waals surface area contributed by atoms with E-state index in [9.17, 15) is 19.5 Å². The number of ether oxygens (including phenoxy) is 4. The van der Waals surface area contributed by atoms with Gasteiger partial charge in [0.25, 0.3) is 14.2 Å². The minimum Gasteiger partial charge on any atom is -0.541 e. The first kappa shape index (κ1) is 34.2. The molecular weight excluding hydrogens is 608 g/mol. The number of amides is 1. The van der Waals surface area contributed by atoms with Crippen molar-refractivity contribution in [1.82, 2.24) is 10.2 Å². The van der Waals surface area contributed by atoms with E-state index in [1.165, 1.54) is 6.92 Å². The van der Waals surface area contributed by atoms with E-state index in [1.54, 1.807) is 26.8 Å². The molecule has 2 heterocycles. The molecule has 11 nitrogen and oxygen atoms in total. The summed E-state index contributed by atoms with van der Waals surface area (Å²) in [6, 6.07) is 3.99. The molecule has 5 atom stereocenters. The molecule has 0 unspecified atom stereocenters. The third kappa shape index (κ3) is 5.81. The normalized spacial score (nSPS) is 27.4. The number of likely N-dealkylation sites (tertiary alicyclic amines) is 1. The molecule has 1 aromatic rings. The van der Waals surface area contributed by atoms with Crippen molar-refractivity contribution in [2.45, 2.75) is 127 Å². The molecule has 2 N–H and O–H groups in total. The highest BCUT2D eigenvalue weighted by Gasteiger charge is 2.72. The fraction of sp³-hybridized carbons (Fsp3) is 0.676. The lowest BCUT2D eigenvalue weighted by Crippen LogP contribution is -2.74. The maximum atomic E-state index is 13.1. The van der Waals surface area contributed by atoms with Crippen LogP contribution < -0.4 is 14.5 Å². The molecule has 0 aromatic heterocycles. The highest BCUT2D eigenvalue weighted by atomic mass is 28.4. The van der Waals surface area contributed by atoms with Gasteiger partial charge in [0.05, 0.1) is 17.4 Å². The van der Waals surface area contributed by atoms with Crippen molar-refractivity contribution in [1.29, 1.82) is 0 Å². The van der Waals surface area contributed by atoms with E-state index in [-0.39, 0.29) is 24.0 Å². The molecular formula is C34H50N2O9Si. The topological polar surface area (TPSA) is 133 Å². The van der Waals surface area contributed by atoms with E-state index in [1.807, 2.05) is 13.1 Å². The number of benzene rings is 1. The fourth-order valence-electron chi connectivity index (χ4n) is 7.02. The molecule has 2 aliphatic heterocycles. The van der Waals surface area contributed by atoms with Gasteiger partial charge in [0.2, 0.25) is 0 Å². The number of rotatable bonds is 8. The molecule has 1 spiro atoms. The number of piperidine rings is 1. The molecule has 254 valence electrons. The van der Waals surface area contributed by atoms with Gasteiger partial charge in [-0.1, -0.05) is 26.8 Å². The number of aliphatic hydroxyl groups is 1. The van der Waals surface area contributed by atoms with Crippen LogP contribution in [0.2, 0.25) is 18.1 Å². The third-order valence-corrected chi connectivity index (χ3v) is 14.7.